The molecule has 0 fully saturated rings. The molecule has 1 unspecified atom stereocenters. The van der Waals surface area contributed by atoms with Crippen LogP contribution in [0.2, 0.25) is 0 Å². The van der Waals surface area contributed by atoms with Crippen molar-refractivity contribution in [3.8, 4) is 0 Å². The van der Waals surface area contributed by atoms with Crippen molar-refractivity contribution in [1.29, 1.82) is 0 Å². The van der Waals surface area contributed by atoms with Crippen LogP contribution in [0.1, 0.15) is 22.8 Å². The summed E-state index contributed by atoms with van der Waals surface area (Å²) in [6.45, 7) is -0.371. The minimum atomic E-state index is -4.64. The first-order valence-electron chi connectivity index (χ1n) is 4.98. The van der Waals surface area contributed by atoms with Gasteiger partial charge in [0.1, 0.15) is 0 Å². The molecule has 0 heterocycles. The first kappa shape index (κ1) is 14.5. The fraction of sp³-hybridized carbons (Fsp3) is 0.364. The fourth-order valence-electron chi connectivity index (χ4n) is 1.46. The predicted molar refractivity (Wildman–Crippen MR) is 54.8 cm³/mol. The number of carboxylic acid groups (broad SMARTS) is 1. The van der Waals surface area contributed by atoms with E-state index in [0.29, 0.717) is 6.07 Å². The molecular weight excluding hydrogens is 253 g/mol. The third-order valence-electron chi connectivity index (χ3n) is 2.29. The van der Waals surface area contributed by atoms with E-state index in [1.165, 1.54) is 0 Å². The number of benzene rings is 1. The van der Waals surface area contributed by atoms with E-state index in [-0.39, 0.29) is 24.2 Å². The Morgan fingerprint density at radius 3 is 2.33 bits per heavy atom. The van der Waals surface area contributed by atoms with E-state index in [0.717, 1.165) is 12.1 Å². The average molecular weight is 264 g/mol. The molecule has 0 saturated carbocycles. The van der Waals surface area contributed by atoms with Crippen molar-refractivity contribution in [2.24, 2.45) is 0 Å². The Morgan fingerprint density at radius 1 is 1.28 bits per heavy atom. The van der Waals surface area contributed by atoms with Crippen LogP contribution in [-0.2, 0) is 17.4 Å². The second-order valence-corrected chi connectivity index (χ2v) is 3.68. The molecule has 0 aliphatic heterocycles. The van der Waals surface area contributed by atoms with E-state index in [4.69, 9.17) is 10.2 Å². The molecule has 100 valence electrons. The Labute approximate surface area is 100 Å². The van der Waals surface area contributed by atoms with E-state index < -0.39 is 23.8 Å². The Morgan fingerprint density at radius 2 is 1.89 bits per heavy atom. The summed E-state index contributed by atoms with van der Waals surface area (Å²) in [5.74, 6) is -1.63. The number of rotatable bonds is 4. The highest BCUT2D eigenvalue weighted by molar-refractivity contribution is 5.74. The molecule has 18 heavy (non-hydrogen) atoms. The minimum Gasteiger partial charge on any atom is -0.479 e. The highest BCUT2D eigenvalue weighted by Crippen LogP contribution is 2.32. The average Bonchev–Trinajstić information content (AvgIpc) is 2.26. The number of carbonyl (C=O) groups is 1. The molecule has 0 radical (unpaired) electrons. The number of carboxylic acids is 1. The third kappa shape index (κ3) is 3.44. The smallest absolute Gasteiger partial charge is 0.416 e. The van der Waals surface area contributed by atoms with E-state index in [1.54, 1.807) is 0 Å². The van der Waals surface area contributed by atoms with Crippen molar-refractivity contribution in [2.45, 2.75) is 18.7 Å². The Bertz CT molecular complexity index is 442. The Balaban J connectivity index is 3.26. The van der Waals surface area contributed by atoms with Crippen molar-refractivity contribution in [3.05, 3.63) is 34.9 Å². The van der Waals surface area contributed by atoms with Crippen LogP contribution in [0.4, 0.5) is 13.2 Å². The molecule has 0 spiro atoms. The lowest BCUT2D eigenvalue weighted by Crippen LogP contribution is -2.14. The third-order valence-corrected chi connectivity index (χ3v) is 2.29. The van der Waals surface area contributed by atoms with Gasteiger partial charge < -0.3 is 15.3 Å². The zero-order chi connectivity index (χ0) is 13.9. The molecule has 7 heteroatoms. The van der Waals surface area contributed by atoms with E-state index >= 15 is 0 Å². The molecule has 0 bridgehead atoms. The van der Waals surface area contributed by atoms with Gasteiger partial charge in [-0.3, -0.25) is 0 Å². The summed E-state index contributed by atoms with van der Waals surface area (Å²) in [6, 6.07) is 2.53. The van der Waals surface area contributed by atoms with Gasteiger partial charge in [0.25, 0.3) is 0 Å². The zero-order valence-corrected chi connectivity index (χ0v) is 9.11. The molecule has 0 amide bonds. The van der Waals surface area contributed by atoms with Crippen molar-refractivity contribution >= 4 is 5.97 Å². The van der Waals surface area contributed by atoms with Gasteiger partial charge in [-0.15, -0.1) is 0 Å². The fourth-order valence-corrected chi connectivity index (χ4v) is 1.46. The highest BCUT2D eigenvalue weighted by Gasteiger charge is 2.32. The molecule has 0 aliphatic carbocycles. The van der Waals surface area contributed by atoms with Crippen molar-refractivity contribution < 1.29 is 33.3 Å². The number of aliphatic hydroxyl groups is 2. The maximum atomic E-state index is 12.6. The van der Waals surface area contributed by atoms with Gasteiger partial charge >= 0.3 is 12.1 Å². The standard InChI is InChI=1S/C11H11F3O4/c12-11(13,14)8-4-6(1-2-15)3-7(5-8)9(16)10(17)18/h3-5,9,15-16H,1-2H2,(H,17,18). The van der Waals surface area contributed by atoms with Crippen molar-refractivity contribution in [1.82, 2.24) is 0 Å². The first-order chi connectivity index (χ1) is 8.25. The first-order valence-corrected chi connectivity index (χ1v) is 4.98. The summed E-state index contributed by atoms with van der Waals surface area (Å²) in [5, 5.41) is 26.5. The highest BCUT2D eigenvalue weighted by atomic mass is 19.4. The molecule has 0 aromatic heterocycles. The topological polar surface area (TPSA) is 77.8 Å². The van der Waals surface area contributed by atoms with Crippen molar-refractivity contribution in [3.63, 3.8) is 0 Å². The summed E-state index contributed by atoms with van der Waals surface area (Å²) in [5.41, 5.74) is -1.30. The van der Waals surface area contributed by atoms with Gasteiger partial charge in [0.15, 0.2) is 6.10 Å². The predicted octanol–water partition coefficient (Wildman–Crippen LogP) is 1.36. The summed E-state index contributed by atoms with van der Waals surface area (Å²) >= 11 is 0. The number of aliphatic hydroxyl groups excluding tert-OH is 2. The normalized spacial score (nSPS) is 13.4. The molecule has 4 nitrogen and oxygen atoms in total. The lowest BCUT2D eigenvalue weighted by atomic mass is 10.00. The van der Waals surface area contributed by atoms with Gasteiger partial charge in [0, 0.05) is 6.61 Å². The van der Waals surface area contributed by atoms with E-state index in [9.17, 15) is 23.1 Å². The molecule has 0 saturated heterocycles. The maximum Gasteiger partial charge on any atom is 0.416 e. The van der Waals surface area contributed by atoms with Crippen molar-refractivity contribution in [2.75, 3.05) is 6.61 Å². The molecule has 3 N–H and O–H groups in total. The SMILES string of the molecule is O=C(O)C(O)c1cc(CCO)cc(C(F)(F)F)c1. The Kier molecular flexibility index (Phi) is 4.31. The van der Waals surface area contributed by atoms with Gasteiger partial charge in [-0.1, -0.05) is 6.07 Å². The van der Waals surface area contributed by atoms with Crippen LogP contribution in [0, 0.1) is 0 Å². The van der Waals surface area contributed by atoms with Crippen LogP contribution in [0.15, 0.2) is 18.2 Å². The Hall–Kier alpha value is -1.60. The largest absolute Gasteiger partial charge is 0.479 e. The van der Waals surface area contributed by atoms with Crippen LogP contribution in [0.25, 0.3) is 0 Å². The van der Waals surface area contributed by atoms with Crippen LogP contribution < -0.4 is 0 Å². The number of aliphatic carboxylic acids is 1. The van der Waals surface area contributed by atoms with Crippen LogP contribution in [0.5, 0.6) is 0 Å². The summed E-state index contributed by atoms with van der Waals surface area (Å²) in [7, 11) is 0. The summed E-state index contributed by atoms with van der Waals surface area (Å²) in [6.07, 6.45) is -6.72. The van der Waals surface area contributed by atoms with Gasteiger partial charge in [-0.05, 0) is 29.7 Å². The quantitative estimate of drug-likeness (QED) is 0.767. The number of halogens is 3. The summed E-state index contributed by atoms with van der Waals surface area (Å²) < 4.78 is 37.7. The second kappa shape index (κ2) is 5.36. The molecule has 1 aromatic rings. The molecule has 1 rings (SSSR count). The van der Waals surface area contributed by atoms with Gasteiger partial charge in [-0.2, -0.15) is 13.2 Å². The number of hydrogen-bond acceptors (Lipinski definition) is 3. The second-order valence-electron chi connectivity index (χ2n) is 3.68. The number of hydrogen-bond donors (Lipinski definition) is 3. The molecule has 1 atom stereocenters. The van der Waals surface area contributed by atoms with E-state index in [2.05, 4.69) is 0 Å². The van der Waals surface area contributed by atoms with Gasteiger partial charge in [0.05, 0.1) is 5.56 Å². The van der Waals surface area contributed by atoms with Crippen LogP contribution >= 0.6 is 0 Å². The lowest BCUT2D eigenvalue weighted by Gasteiger charge is -2.13. The molecular formula is C11H11F3O4. The van der Waals surface area contributed by atoms with Crippen LogP contribution in [-0.4, -0.2) is 27.9 Å². The zero-order valence-electron chi connectivity index (χ0n) is 9.11. The lowest BCUT2D eigenvalue weighted by molar-refractivity contribution is -0.147. The van der Waals surface area contributed by atoms with Gasteiger partial charge in [-0.25, -0.2) is 4.79 Å². The molecule has 0 aliphatic rings. The maximum absolute atomic E-state index is 12.6. The minimum absolute atomic E-state index is 0.0523. The summed E-state index contributed by atoms with van der Waals surface area (Å²) in [4.78, 5) is 10.5. The van der Waals surface area contributed by atoms with E-state index in [1.807, 2.05) is 0 Å². The van der Waals surface area contributed by atoms with Gasteiger partial charge in [0.2, 0.25) is 0 Å². The van der Waals surface area contributed by atoms with Crippen LogP contribution in [0.3, 0.4) is 0 Å². The number of alkyl halides is 3. The monoisotopic (exact) mass is 264 g/mol. The molecule has 1 aromatic carbocycles.